The molecule has 0 fully saturated rings. The summed E-state index contributed by atoms with van der Waals surface area (Å²) in [5, 5.41) is 9.08. The number of ether oxygens (including phenoxy) is 1. The number of carboxylic acid groups (broad SMARTS) is 1. The monoisotopic (exact) mass is 273 g/mol. The number of rotatable bonds is 3. The number of aromatic carboxylic acids is 1. The molecule has 5 nitrogen and oxygen atoms in total. The number of carbonyl (C=O) groups is 1. The summed E-state index contributed by atoms with van der Waals surface area (Å²) in [4.78, 5) is 22.5. The molecule has 0 spiro atoms. The Kier molecular flexibility index (Phi) is 3.61. The van der Waals surface area contributed by atoms with Gasteiger partial charge in [-0.25, -0.2) is 4.79 Å². The molecule has 0 aliphatic heterocycles. The van der Waals surface area contributed by atoms with Crippen molar-refractivity contribution in [1.82, 2.24) is 4.57 Å². The Morgan fingerprint density at radius 1 is 1.15 bits per heavy atom. The minimum absolute atomic E-state index is 0.0506. The third kappa shape index (κ3) is 2.42. The van der Waals surface area contributed by atoms with Gasteiger partial charge >= 0.3 is 5.97 Å². The van der Waals surface area contributed by atoms with Crippen molar-refractivity contribution in [3.8, 4) is 11.4 Å². The molecule has 0 saturated carbocycles. The Morgan fingerprint density at radius 2 is 1.75 bits per heavy atom. The molecule has 1 aromatic heterocycles. The van der Waals surface area contributed by atoms with E-state index in [1.165, 1.54) is 25.3 Å². The summed E-state index contributed by atoms with van der Waals surface area (Å²) in [5.74, 6) is -0.755. The maximum absolute atomic E-state index is 11.4. The number of aryl methyl sites for hydroxylation is 2. The number of carboxylic acids is 1. The molecule has 0 bridgehead atoms. The lowest BCUT2D eigenvalue weighted by Crippen LogP contribution is -2.12. The number of nitrogens with zero attached hydrogens (tertiary/aromatic N) is 1. The van der Waals surface area contributed by atoms with E-state index < -0.39 is 5.97 Å². The molecule has 0 aliphatic carbocycles. The summed E-state index contributed by atoms with van der Waals surface area (Å²) >= 11 is 0. The van der Waals surface area contributed by atoms with Gasteiger partial charge in [-0.2, -0.15) is 0 Å². The zero-order chi connectivity index (χ0) is 14.9. The van der Waals surface area contributed by atoms with Gasteiger partial charge < -0.3 is 14.4 Å². The second kappa shape index (κ2) is 5.21. The van der Waals surface area contributed by atoms with Gasteiger partial charge in [-0.1, -0.05) is 0 Å². The first-order valence-electron chi connectivity index (χ1n) is 6.06. The van der Waals surface area contributed by atoms with Crippen LogP contribution in [0.4, 0.5) is 0 Å². The van der Waals surface area contributed by atoms with Gasteiger partial charge in [0.1, 0.15) is 11.3 Å². The third-order valence-electron chi connectivity index (χ3n) is 3.08. The Balaban J connectivity index is 2.66. The summed E-state index contributed by atoms with van der Waals surface area (Å²) in [6, 6.07) is 7.90. The van der Waals surface area contributed by atoms with Gasteiger partial charge in [-0.05, 0) is 26.0 Å². The van der Waals surface area contributed by atoms with Crippen molar-refractivity contribution < 1.29 is 14.6 Å². The number of pyridine rings is 1. The summed E-state index contributed by atoms with van der Waals surface area (Å²) in [5.41, 5.74) is 2.36. The standard InChI is InChI=1S/C15H15NO4/c1-9-6-12(17)7-10(2)16(9)11-4-5-13(15(18)19)14(8-11)20-3/h4-8H,1-3H3,(H,18,19). The molecular formula is C15H15NO4. The van der Waals surface area contributed by atoms with Crippen molar-refractivity contribution >= 4 is 5.97 Å². The van der Waals surface area contributed by atoms with Crippen LogP contribution in [0.3, 0.4) is 0 Å². The number of aromatic nitrogens is 1. The molecule has 0 saturated heterocycles. The fourth-order valence-corrected chi connectivity index (χ4v) is 2.26. The van der Waals surface area contributed by atoms with E-state index in [-0.39, 0.29) is 16.7 Å². The second-order valence-electron chi connectivity index (χ2n) is 4.50. The predicted octanol–water partition coefficient (Wildman–Crippen LogP) is 2.16. The van der Waals surface area contributed by atoms with E-state index in [9.17, 15) is 9.59 Å². The Labute approximate surface area is 116 Å². The first-order valence-corrected chi connectivity index (χ1v) is 6.06. The lowest BCUT2D eigenvalue weighted by atomic mass is 10.1. The molecule has 1 heterocycles. The topological polar surface area (TPSA) is 68.5 Å². The average Bonchev–Trinajstić information content (AvgIpc) is 2.37. The maximum atomic E-state index is 11.4. The van der Waals surface area contributed by atoms with E-state index in [0.29, 0.717) is 0 Å². The quantitative estimate of drug-likeness (QED) is 0.930. The molecular weight excluding hydrogens is 258 g/mol. The molecule has 0 aliphatic rings. The van der Waals surface area contributed by atoms with Crippen molar-refractivity contribution in [3.63, 3.8) is 0 Å². The van der Waals surface area contributed by atoms with Crippen LogP contribution in [0.1, 0.15) is 21.7 Å². The molecule has 0 atom stereocenters. The fourth-order valence-electron chi connectivity index (χ4n) is 2.26. The average molecular weight is 273 g/mol. The van der Waals surface area contributed by atoms with E-state index in [0.717, 1.165) is 17.1 Å². The molecule has 0 amide bonds. The molecule has 20 heavy (non-hydrogen) atoms. The van der Waals surface area contributed by atoms with Crippen LogP contribution in [0, 0.1) is 13.8 Å². The molecule has 1 N–H and O–H groups in total. The van der Waals surface area contributed by atoms with Crippen molar-refractivity contribution in [2.24, 2.45) is 0 Å². The number of hydrogen-bond acceptors (Lipinski definition) is 3. The van der Waals surface area contributed by atoms with Crippen LogP contribution < -0.4 is 10.2 Å². The predicted molar refractivity (Wildman–Crippen MR) is 75.0 cm³/mol. The smallest absolute Gasteiger partial charge is 0.339 e. The molecule has 0 unspecified atom stereocenters. The fraction of sp³-hybridized carbons (Fsp3) is 0.200. The highest BCUT2D eigenvalue weighted by Crippen LogP contribution is 2.24. The molecule has 2 rings (SSSR count). The zero-order valence-electron chi connectivity index (χ0n) is 11.5. The van der Waals surface area contributed by atoms with Crippen LogP contribution in [0.25, 0.3) is 5.69 Å². The van der Waals surface area contributed by atoms with Crippen molar-refractivity contribution in [3.05, 3.63) is 57.5 Å². The lowest BCUT2D eigenvalue weighted by Gasteiger charge is -2.16. The van der Waals surface area contributed by atoms with E-state index in [4.69, 9.17) is 9.84 Å². The third-order valence-corrected chi connectivity index (χ3v) is 3.08. The van der Waals surface area contributed by atoms with Crippen LogP contribution >= 0.6 is 0 Å². The zero-order valence-corrected chi connectivity index (χ0v) is 11.5. The van der Waals surface area contributed by atoms with Gasteiger partial charge in [-0.3, -0.25) is 4.79 Å². The largest absolute Gasteiger partial charge is 0.496 e. The number of methoxy groups -OCH3 is 1. The highest BCUT2D eigenvalue weighted by Gasteiger charge is 2.13. The highest BCUT2D eigenvalue weighted by molar-refractivity contribution is 5.91. The Morgan fingerprint density at radius 3 is 2.25 bits per heavy atom. The van der Waals surface area contributed by atoms with Crippen LogP contribution in [0.15, 0.2) is 35.1 Å². The van der Waals surface area contributed by atoms with E-state index >= 15 is 0 Å². The lowest BCUT2D eigenvalue weighted by molar-refractivity contribution is 0.0693. The minimum Gasteiger partial charge on any atom is -0.496 e. The van der Waals surface area contributed by atoms with Gasteiger partial charge in [0.05, 0.1) is 7.11 Å². The number of benzene rings is 1. The summed E-state index contributed by atoms with van der Waals surface area (Å²) in [6.45, 7) is 3.65. The van der Waals surface area contributed by atoms with Gasteiger partial charge in [-0.15, -0.1) is 0 Å². The highest BCUT2D eigenvalue weighted by atomic mass is 16.5. The molecule has 2 aromatic rings. The Bertz CT molecular complexity index is 705. The van der Waals surface area contributed by atoms with Crippen LogP contribution in [0.5, 0.6) is 5.75 Å². The van der Waals surface area contributed by atoms with Gasteiger partial charge in [0.2, 0.25) is 0 Å². The van der Waals surface area contributed by atoms with Crippen molar-refractivity contribution in [2.75, 3.05) is 7.11 Å². The van der Waals surface area contributed by atoms with Crippen LogP contribution in [0.2, 0.25) is 0 Å². The van der Waals surface area contributed by atoms with E-state index in [1.807, 2.05) is 18.4 Å². The second-order valence-corrected chi connectivity index (χ2v) is 4.50. The van der Waals surface area contributed by atoms with Gasteiger partial charge in [0.25, 0.3) is 0 Å². The molecule has 104 valence electrons. The summed E-state index contributed by atoms with van der Waals surface area (Å²) in [7, 11) is 1.43. The van der Waals surface area contributed by atoms with Crippen molar-refractivity contribution in [1.29, 1.82) is 0 Å². The van der Waals surface area contributed by atoms with Gasteiger partial charge in [0.15, 0.2) is 5.43 Å². The first-order chi connectivity index (χ1) is 9.43. The first kappa shape index (κ1) is 13.9. The summed E-state index contributed by atoms with van der Waals surface area (Å²) < 4.78 is 6.99. The van der Waals surface area contributed by atoms with Crippen LogP contribution in [-0.4, -0.2) is 22.8 Å². The van der Waals surface area contributed by atoms with Crippen LogP contribution in [-0.2, 0) is 0 Å². The van der Waals surface area contributed by atoms with E-state index in [2.05, 4.69) is 0 Å². The number of hydrogen-bond donors (Lipinski definition) is 1. The van der Waals surface area contributed by atoms with E-state index in [1.54, 1.807) is 12.1 Å². The Hall–Kier alpha value is -2.56. The molecule has 1 aromatic carbocycles. The van der Waals surface area contributed by atoms with Gasteiger partial charge in [0, 0.05) is 35.3 Å². The SMILES string of the molecule is COc1cc(-n2c(C)cc(=O)cc2C)ccc1C(=O)O. The normalized spacial score (nSPS) is 10.3. The molecule has 0 radical (unpaired) electrons. The minimum atomic E-state index is -1.04. The maximum Gasteiger partial charge on any atom is 0.339 e. The van der Waals surface area contributed by atoms with Crippen molar-refractivity contribution in [2.45, 2.75) is 13.8 Å². The molecule has 5 heteroatoms. The summed E-state index contributed by atoms with van der Waals surface area (Å²) in [6.07, 6.45) is 0.